The molecule has 0 saturated carbocycles. The number of pyridine rings is 2. The van der Waals surface area contributed by atoms with Gasteiger partial charge in [-0.25, -0.2) is 9.13 Å². The van der Waals surface area contributed by atoms with E-state index in [1.54, 1.807) is 0 Å². The molecule has 0 saturated heterocycles. The Bertz CT molecular complexity index is 1050. The molecule has 166 valence electrons. The van der Waals surface area contributed by atoms with E-state index < -0.39 is 0 Å². The average Bonchev–Trinajstić information content (AvgIpc) is 2.74. The first kappa shape index (κ1) is 27.6. The number of nitrogens with zero attached hydrogens (tertiary/aromatic N) is 2. The molecule has 0 amide bonds. The summed E-state index contributed by atoms with van der Waals surface area (Å²) < 4.78 is 4.40. The SMILES string of the molecule is Cc1cc[n+](CCC#Cc2ccc(C#CCC[n+]3ccc(C)c(C)c3)cc2)cc1C.[Br-].[Br-]. The topological polar surface area (TPSA) is 7.76 Å². The summed E-state index contributed by atoms with van der Waals surface area (Å²) in [6, 6.07) is 12.5. The van der Waals surface area contributed by atoms with E-state index in [2.05, 4.69) is 122 Å². The minimum atomic E-state index is 0. The molecule has 32 heavy (non-hydrogen) atoms. The van der Waals surface area contributed by atoms with Gasteiger partial charge in [0.1, 0.15) is 0 Å². The minimum absolute atomic E-state index is 0. The minimum Gasteiger partial charge on any atom is -1.00 e. The van der Waals surface area contributed by atoms with Crippen molar-refractivity contribution in [2.45, 2.75) is 53.6 Å². The Morgan fingerprint density at radius 2 is 0.938 bits per heavy atom. The Morgan fingerprint density at radius 3 is 1.28 bits per heavy atom. The van der Waals surface area contributed by atoms with Crippen LogP contribution in [0.3, 0.4) is 0 Å². The van der Waals surface area contributed by atoms with Crippen LogP contribution in [-0.4, -0.2) is 0 Å². The standard InChI is InChI=1S/C28H30N2.2BrH/c1-23-15-19-29(21-25(23)3)17-7-5-9-27-11-13-28(14-12-27)10-6-8-18-30-20-16-24(2)26(4)22-30;;/h11-16,19-22H,7-8,17-18H2,1-4H3;2*1H/q+2;;/p-2. The normalized spacial score (nSPS) is 9.38. The monoisotopic (exact) mass is 552 g/mol. The van der Waals surface area contributed by atoms with Gasteiger partial charge in [0.05, 0.1) is 12.8 Å². The molecule has 0 aliphatic carbocycles. The van der Waals surface area contributed by atoms with Gasteiger partial charge in [0.15, 0.2) is 37.9 Å². The summed E-state index contributed by atoms with van der Waals surface area (Å²) in [7, 11) is 0. The molecule has 3 aromatic rings. The lowest BCUT2D eigenvalue weighted by molar-refractivity contribution is -0.696. The molecule has 3 rings (SSSR count). The van der Waals surface area contributed by atoms with Crippen LogP contribution in [0.5, 0.6) is 0 Å². The van der Waals surface area contributed by atoms with E-state index in [4.69, 9.17) is 0 Å². The number of halogens is 2. The second-order valence-electron chi connectivity index (χ2n) is 7.78. The molecule has 0 fully saturated rings. The van der Waals surface area contributed by atoms with E-state index in [0.717, 1.165) is 37.1 Å². The van der Waals surface area contributed by atoms with Crippen molar-refractivity contribution in [1.82, 2.24) is 0 Å². The Balaban J connectivity index is 0.00000256. The fraction of sp³-hybridized carbons (Fsp3) is 0.286. The van der Waals surface area contributed by atoms with Gasteiger partial charge in [0, 0.05) is 34.4 Å². The smallest absolute Gasteiger partial charge is 0.171 e. The van der Waals surface area contributed by atoms with E-state index >= 15 is 0 Å². The van der Waals surface area contributed by atoms with Crippen molar-refractivity contribution < 1.29 is 43.1 Å². The third-order valence-electron chi connectivity index (χ3n) is 5.34. The largest absolute Gasteiger partial charge is 1.00 e. The number of rotatable bonds is 4. The molecule has 2 aromatic heterocycles. The summed E-state index contributed by atoms with van der Waals surface area (Å²) in [6.07, 6.45) is 10.3. The Hall–Kier alpha value is -2.40. The molecule has 1 aromatic carbocycles. The predicted molar refractivity (Wildman–Crippen MR) is 122 cm³/mol. The predicted octanol–water partition coefficient (Wildman–Crippen LogP) is -1.61. The maximum Gasteiger partial charge on any atom is 0.171 e. The van der Waals surface area contributed by atoms with Gasteiger partial charge < -0.3 is 34.0 Å². The molecular weight excluding hydrogens is 524 g/mol. The molecule has 0 radical (unpaired) electrons. The second-order valence-corrected chi connectivity index (χ2v) is 7.78. The zero-order valence-electron chi connectivity index (χ0n) is 19.3. The number of hydrogen-bond donors (Lipinski definition) is 0. The summed E-state index contributed by atoms with van der Waals surface area (Å²) in [6.45, 7) is 10.4. The molecular formula is C28H30Br2N2. The van der Waals surface area contributed by atoms with Crippen LogP contribution in [0.15, 0.2) is 61.2 Å². The summed E-state index contributed by atoms with van der Waals surface area (Å²) in [4.78, 5) is 0. The molecule has 0 aliphatic rings. The lowest BCUT2D eigenvalue weighted by Crippen LogP contribution is -3.00. The zero-order valence-corrected chi connectivity index (χ0v) is 22.4. The first-order chi connectivity index (χ1) is 14.5. The lowest BCUT2D eigenvalue weighted by Gasteiger charge is -1.98. The number of aryl methyl sites for hydroxylation is 6. The van der Waals surface area contributed by atoms with Crippen LogP contribution in [0, 0.1) is 51.4 Å². The van der Waals surface area contributed by atoms with Crippen LogP contribution in [0.2, 0.25) is 0 Å². The van der Waals surface area contributed by atoms with Gasteiger partial charge in [-0.1, -0.05) is 23.7 Å². The Morgan fingerprint density at radius 1 is 0.562 bits per heavy atom. The first-order valence-electron chi connectivity index (χ1n) is 10.5. The summed E-state index contributed by atoms with van der Waals surface area (Å²) >= 11 is 0. The van der Waals surface area contributed by atoms with Crippen LogP contribution in [-0.2, 0) is 13.1 Å². The molecule has 0 spiro atoms. The molecule has 0 N–H and O–H groups in total. The van der Waals surface area contributed by atoms with Crippen molar-refractivity contribution in [3.63, 3.8) is 0 Å². The van der Waals surface area contributed by atoms with Gasteiger partial charge in [-0.15, -0.1) is 0 Å². The van der Waals surface area contributed by atoms with Gasteiger partial charge in [-0.2, -0.15) is 0 Å². The van der Waals surface area contributed by atoms with Gasteiger partial charge in [-0.3, -0.25) is 0 Å². The van der Waals surface area contributed by atoms with Crippen molar-refractivity contribution in [3.8, 4) is 23.7 Å². The van der Waals surface area contributed by atoms with Crippen LogP contribution in [0.4, 0.5) is 0 Å². The second kappa shape index (κ2) is 13.9. The van der Waals surface area contributed by atoms with Gasteiger partial charge >= 0.3 is 0 Å². The van der Waals surface area contributed by atoms with Crippen molar-refractivity contribution in [3.05, 3.63) is 94.6 Å². The molecule has 4 heteroatoms. The maximum atomic E-state index is 3.27. The number of benzene rings is 1. The van der Waals surface area contributed by atoms with Crippen LogP contribution >= 0.6 is 0 Å². The van der Waals surface area contributed by atoms with Gasteiger partial charge in [-0.05, 0) is 63.1 Å². The van der Waals surface area contributed by atoms with Crippen LogP contribution in [0.25, 0.3) is 0 Å². The van der Waals surface area contributed by atoms with Crippen molar-refractivity contribution >= 4 is 0 Å². The summed E-state index contributed by atoms with van der Waals surface area (Å²) in [5.41, 5.74) is 7.35. The fourth-order valence-corrected chi connectivity index (χ4v) is 3.08. The molecule has 2 heterocycles. The number of hydrogen-bond acceptors (Lipinski definition) is 0. The lowest BCUT2D eigenvalue weighted by atomic mass is 10.1. The van der Waals surface area contributed by atoms with E-state index in [0.29, 0.717) is 0 Å². The highest BCUT2D eigenvalue weighted by molar-refractivity contribution is 5.41. The summed E-state index contributed by atoms with van der Waals surface area (Å²) in [5, 5.41) is 0. The van der Waals surface area contributed by atoms with Gasteiger partial charge in [0.25, 0.3) is 0 Å². The van der Waals surface area contributed by atoms with Crippen LogP contribution < -0.4 is 43.1 Å². The van der Waals surface area contributed by atoms with Crippen molar-refractivity contribution in [2.24, 2.45) is 0 Å². The number of aromatic nitrogens is 2. The Labute approximate surface area is 214 Å². The highest BCUT2D eigenvalue weighted by Gasteiger charge is 2.02. The van der Waals surface area contributed by atoms with Crippen molar-refractivity contribution in [1.29, 1.82) is 0 Å². The quantitative estimate of drug-likeness (QED) is 0.271. The zero-order chi connectivity index (χ0) is 21.3. The average molecular weight is 554 g/mol. The third kappa shape index (κ3) is 8.62. The molecule has 0 bridgehead atoms. The van der Waals surface area contributed by atoms with E-state index in [-0.39, 0.29) is 34.0 Å². The molecule has 0 aliphatic heterocycles. The van der Waals surface area contributed by atoms with Crippen molar-refractivity contribution in [2.75, 3.05) is 0 Å². The summed E-state index contributed by atoms with van der Waals surface area (Å²) in [5.74, 6) is 13.0. The van der Waals surface area contributed by atoms with Crippen LogP contribution in [0.1, 0.15) is 46.2 Å². The maximum absolute atomic E-state index is 3.27. The van der Waals surface area contributed by atoms with Gasteiger partial charge in [0.2, 0.25) is 0 Å². The van der Waals surface area contributed by atoms with E-state index in [1.807, 2.05) is 0 Å². The third-order valence-corrected chi connectivity index (χ3v) is 5.34. The van der Waals surface area contributed by atoms with E-state index in [9.17, 15) is 0 Å². The highest BCUT2D eigenvalue weighted by atomic mass is 79.9. The first-order valence-corrected chi connectivity index (χ1v) is 10.5. The van der Waals surface area contributed by atoms with E-state index in [1.165, 1.54) is 22.3 Å². The molecule has 2 nitrogen and oxygen atoms in total. The Kier molecular flexibility index (Phi) is 12.0. The molecule has 0 atom stereocenters. The molecule has 0 unspecified atom stereocenters. The fourth-order valence-electron chi connectivity index (χ4n) is 3.08. The highest BCUT2D eigenvalue weighted by Crippen LogP contribution is 2.03.